The lowest BCUT2D eigenvalue weighted by atomic mass is 10.2. The number of rotatable bonds is 7. The van der Waals surface area contributed by atoms with Crippen LogP contribution in [-0.4, -0.2) is 18.0 Å². The number of aromatic nitrogens is 1. The molecule has 3 rings (SSSR count). The second kappa shape index (κ2) is 8.70. The first-order chi connectivity index (χ1) is 13.0. The van der Waals surface area contributed by atoms with Crippen LogP contribution in [0.3, 0.4) is 0 Å². The van der Waals surface area contributed by atoms with E-state index in [-0.39, 0.29) is 29.6 Å². The minimum absolute atomic E-state index is 0.00768. The normalized spacial score (nSPS) is 10.6. The summed E-state index contributed by atoms with van der Waals surface area (Å²) in [4.78, 5) is 16.3. The summed E-state index contributed by atoms with van der Waals surface area (Å²) in [5, 5.41) is 4.87. The van der Waals surface area contributed by atoms with Gasteiger partial charge in [-0.1, -0.05) is 12.1 Å². The average Bonchev–Trinajstić information content (AvgIpc) is 3.10. The average molecular weight is 390 g/mol. The van der Waals surface area contributed by atoms with Crippen molar-refractivity contribution in [1.82, 2.24) is 4.98 Å². The van der Waals surface area contributed by atoms with Gasteiger partial charge in [-0.3, -0.25) is 4.79 Å². The van der Waals surface area contributed by atoms with Crippen molar-refractivity contribution in [3.8, 4) is 5.75 Å². The quantitative estimate of drug-likeness (QED) is 0.650. The number of thiazole rings is 1. The number of hydrogen-bond donors (Lipinski definition) is 1. The molecule has 0 aliphatic heterocycles. The number of halogens is 2. The fourth-order valence-electron chi connectivity index (χ4n) is 2.28. The van der Waals surface area contributed by atoms with Crippen LogP contribution in [-0.2, 0) is 18.0 Å². The molecule has 0 aliphatic rings. The zero-order valence-electron chi connectivity index (χ0n) is 14.4. The Morgan fingerprint density at radius 1 is 1.19 bits per heavy atom. The Balaban J connectivity index is 1.62. The van der Waals surface area contributed by atoms with E-state index in [1.807, 2.05) is 0 Å². The summed E-state index contributed by atoms with van der Waals surface area (Å²) in [6, 6.07) is 9.95. The van der Waals surface area contributed by atoms with Crippen LogP contribution in [0, 0.1) is 11.6 Å². The highest BCUT2D eigenvalue weighted by molar-refractivity contribution is 7.09. The van der Waals surface area contributed by atoms with E-state index in [0.717, 1.165) is 6.07 Å². The van der Waals surface area contributed by atoms with Gasteiger partial charge in [-0.15, -0.1) is 11.3 Å². The molecule has 1 aromatic heterocycles. The van der Waals surface area contributed by atoms with Gasteiger partial charge in [0.05, 0.1) is 6.61 Å². The van der Waals surface area contributed by atoms with Gasteiger partial charge >= 0.3 is 0 Å². The minimum atomic E-state index is -0.637. The van der Waals surface area contributed by atoms with E-state index >= 15 is 0 Å². The molecule has 5 nitrogen and oxygen atoms in total. The van der Waals surface area contributed by atoms with Crippen molar-refractivity contribution in [2.24, 2.45) is 0 Å². The molecule has 0 bridgehead atoms. The Bertz CT molecular complexity index is 946. The third-order valence-corrected chi connectivity index (χ3v) is 4.35. The molecule has 1 heterocycles. The van der Waals surface area contributed by atoms with E-state index in [1.54, 1.807) is 24.6 Å². The van der Waals surface area contributed by atoms with Gasteiger partial charge in [0.25, 0.3) is 5.91 Å². The number of hydrogen-bond acceptors (Lipinski definition) is 5. The van der Waals surface area contributed by atoms with Crippen LogP contribution >= 0.6 is 11.3 Å². The van der Waals surface area contributed by atoms with E-state index in [1.165, 1.54) is 35.6 Å². The molecule has 0 radical (unpaired) electrons. The van der Waals surface area contributed by atoms with Crippen LogP contribution in [0.1, 0.15) is 21.1 Å². The van der Waals surface area contributed by atoms with Gasteiger partial charge in [0.1, 0.15) is 23.1 Å². The minimum Gasteiger partial charge on any atom is -0.486 e. The second-order valence-electron chi connectivity index (χ2n) is 5.58. The van der Waals surface area contributed by atoms with Gasteiger partial charge in [-0.2, -0.15) is 0 Å². The molecule has 27 heavy (non-hydrogen) atoms. The van der Waals surface area contributed by atoms with Gasteiger partial charge < -0.3 is 14.8 Å². The lowest BCUT2D eigenvalue weighted by Crippen LogP contribution is -2.12. The first-order valence-corrected chi connectivity index (χ1v) is 8.84. The van der Waals surface area contributed by atoms with Gasteiger partial charge in [0.15, 0.2) is 11.6 Å². The number of ether oxygens (including phenoxy) is 2. The first kappa shape index (κ1) is 18.9. The highest BCUT2D eigenvalue weighted by Gasteiger charge is 2.13. The lowest BCUT2D eigenvalue weighted by Gasteiger charge is -2.09. The van der Waals surface area contributed by atoms with Crippen molar-refractivity contribution in [1.29, 1.82) is 0 Å². The molecule has 0 unspecified atom stereocenters. The molecule has 1 N–H and O–H groups in total. The monoisotopic (exact) mass is 390 g/mol. The molecule has 0 atom stereocenters. The molecule has 140 valence electrons. The largest absolute Gasteiger partial charge is 0.486 e. The molecule has 1 amide bonds. The third-order valence-electron chi connectivity index (χ3n) is 3.53. The van der Waals surface area contributed by atoms with Crippen molar-refractivity contribution in [2.45, 2.75) is 13.2 Å². The SMILES string of the molecule is COCc1nc(C(=O)Nc2ccc(OCc3cccc(F)c3)c(F)c2)cs1. The van der Waals surface area contributed by atoms with Crippen LogP contribution in [0.5, 0.6) is 5.75 Å². The summed E-state index contributed by atoms with van der Waals surface area (Å²) in [6.07, 6.45) is 0. The zero-order valence-corrected chi connectivity index (χ0v) is 15.2. The van der Waals surface area contributed by atoms with Crippen molar-refractivity contribution in [2.75, 3.05) is 12.4 Å². The summed E-state index contributed by atoms with van der Waals surface area (Å²) in [7, 11) is 1.54. The first-order valence-electron chi connectivity index (χ1n) is 7.96. The lowest BCUT2D eigenvalue weighted by molar-refractivity contribution is 0.102. The molecule has 0 aliphatic carbocycles. The van der Waals surface area contributed by atoms with Crippen LogP contribution < -0.4 is 10.1 Å². The predicted octanol–water partition coefficient (Wildman–Crippen LogP) is 4.40. The van der Waals surface area contributed by atoms with E-state index in [9.17, 15) is 13.6 Å². The Hall–Kier alpha value is -2.84. The number of carbonyl (C=O) groups is 1. The highest BCUT2D eigenvalue weighted by atomic mass is 32.1. The number of nitrogens with zero attached hydrogens (tertiary/aromatic N) is 1. The molecule has 3 aromatic rings. The summed E-state index contributed by atoms with van der Waals surface area (Å²) in [5.74, 6) is -1.46. The number of benzene rings is 2. The van der Waals surface area contributed by atoms with Crippen LogP contribution in [0.2, 0.25) is 0 Å². The number of amides is 1. The van der Waals surface area contributed by atoms with Crippen LogP contribution in [0.25, 0.3) is 0 Å². The Morgan fingerprint density at radius 2 is 2.04 bits per heavy atom. The van der Waals surface area contributed by atoms with E-state index < -0.39 is 11.7 Å². The second-order valence-corrected chi connectivity index (χ2v) is 6.52. The molecule has 2 aromatic carbocycles. The molecule has 8 heteroatoms. The van der Waals surface area contributed by atoms with Crippen LogP contribution in [0.4, 0.5) is 14.5 Å². The topological polar surface area (TPSA) is 60.5 Å². The third kappa shape index (κ3) is 5.08. The van der Waals surface area contributed by atoms with E-state index in [4.69, 9.17) is 9.47 Å². The predicted molar refractivity (Wildman–Crippen MR) is 97.9 cm³/mol. The maximum absolute atomic E-state index is 14.2. The fraction of sp³-hybridized carbons (Fsp3) is 0.158. The number of methoxy groups -OCH3 is 1. The smallest absolute Gasteiger partial charge is 0.275 e. The zero-order chi connectivity index (χ0) is 19.2. The van der Waals surface area contributed by atoms with E-state index in [2.05, 4.69) is 10.3 Å². The van der Waals surface area contributed by atoms with Crippen molar-refractivity contribution >= 4 is 22.9 Å². The Morgan fingerprint density at radius 3 is 2.78 bits per heavy atom. The fourth-order valence-corrected chi connectivity index (χ4v) is 3.03. The van der Waals surface area contributed by atoms with Crippen LogP contribution in [0.15, 0.2) is 47.8 Å². The molecular formula is C19H16F2N2O3S. The van der Waals surface area contributed by atoms with Gasteiger partial charge in [0.2, 0.25) is 0 Å². The maximum Gasteiger partial charge on any atom is 0.275 e. The number of nitrogens with one attached hydrogen (secondary N) is 1. The number of carbonyl (C=O) groups excluding carboxylic acids is 1. The van der Waals surface area contributed by atoms with E-state index in [0.29, 0.717) is 17.2 Å². The molecule has 0 saturated heterocycles. The Kier molecular flexibility index (Phi) is 6.10. The van der Waals surface area contributed by atoms with Crippen molar-refractivity contribution in [3.63, 3.8) is 0 Å². The van der Waals surface area contributed by atoms with Gasteiger partial charge in [0, 0.05) is 24.2 Å². The van der Waals surface area contributed by atoms with Crippen molar-refractivity contribution < 1.29 is 23.0 Å². The van der Waals surface area contributed by atoms with Crippen molar-refractivity contribution in [3.05, 3.63) is 75.7 Å². The highest BCUT2D eigenvalue weighted by Crippen LogP contribution is 2.23. The molecular weight excluding hydrogens is 374 g/mol. The summed E-state index contributed by atoms with van der Waals surface area (Å²) >= 11 is 1.31. The summed E-state index contributed by atoms with van der Waals surface area (Å²) in [5.41, 5.74) is 1.10. The summed E-state index contributed by atoms with van der Waals surface area (Å²) < 4.78 is 37.7. The Labute approximate surface area is 158 Å². The maximum atomic E-state index is 14.2. The standard InChI is InChI=1S/C19H16F2N2O3S/c1-25-10-18-23-16(11-27-18)19(24)22-14-5-6-17(15(21)8-14)26-9-12-3-2-4-13(20)7-12/h2-8,11H,9-10H2,1H3,(H,22,24). The number of anilines is 1. The molecule has 0 spiro atoms. The van der Waals surface area contributed by atoms with Gasteiger partial charge in [-0.25, -0.2) is 13.8 Å². The van der Waals surface area contributed by atoms with Gasteiger partial charge in [-0.05, 0) is 29.8 Å². The summed E-state index contributed by atoms with van der Waals surface area (Å²) in [6.45, 7) is 0.353. The molecule has 0 saturated carbocycles. The molecule has 0 fully saturated rings.